The molecule has 0 aliphatic rings. The lowest BCUT2D eigenvalue weighted by atomic mass is 10.1. The fraction of sp³-hybridized carbons (Fsp3) is 0.111. The topological polar surface area (TPSA) is 71.3 Å². The van der Waals surface area contributed by atoms with Crippen molar-refractivity contribution < 1.29 is 14.7 Å². The van der Waals surface area contributed by atoms with E-state index in [2.05, 4.69) is 21.2 Å². The quantitative estimate of drug-likeness (QED) is 0.706. The van der Waals surface area contributed by atoms with E-state index in [0.717, 1.165) is 15.4 Å². The van der Waals surface area contributed by atoms with E-state index in [4.69, 9.17) is 0 Å². The van der Waals surface area contributed by atoms with E-state index in [1.54, 1.807) is 34.9 Å². The minimum absolute atomic E-state index is 0.0521. The number of nitrogens with zero attached hydrogens (tertiary/aromatic N) is 1. The number of aromatic nitrogens is 1. The first-order chi connectivity index (χ1) is 11.6. The van der Waals surface area contributed by atoms with Crippen LogP contribution < -0.4 is 5.32 Å². The molecule has 1 amide bonds. The first-order valence-electron chi connectivity index (χ1n) is 7.37. The van der Waals surface area contributed by atoms with E-state index in [9.17, 15) is 14.7 Å². The molecular formula is C18H15BrN2O3. The molecule has 1 atom stereocenters. The predicted octanol–water partition coefficient (Wildman–Crippen LogP) is 3.35. The van der Waals surface area contributed by atoms with Gasteiger partial charge in [-0.15, -0.1) is 0 Å². The summed E-state index contributed by atoms with van der Waals surface area (Å²) < 4.78 is 2.74. The van der Waals surface area contributed by atoms with Crippen molar-refractivity contribution in [3.8, 4) is 0 Å². The molecule has 2 N–H and O–H groups in total. The lowest BCUT2D eigenvalue weighted by Gasteiger charge is -2.15. The number of halogens is 1. The minimum Gasteiger partial charge on any atom is -0.479 e. The number of hydrogen-bond acceptors (Lipinski definition) is 2. The fourth-order valence-electron chi connectivity index (χ4n) is 2.62. The molecule has 0 spiro atoms. The second-order valence-corrected chi connectivity index (χ2v) is 6.22. The maximum Gasteiger partial charge on any atom is 0.330 e. The summed E-state index contributed by atoms with van der Waals surface area (Å²) in [6, 6.07) is 15.2. The molecule has 1 aromatic heterocycles. The molecule has 0 fully saturated rings. The van der Waals surface area contributed by atoms with Gasteiger partial charge in [-0.25, -0.2) is 4.79 Å². The molecule has 3 aromatic rings. The lowest BCUT2D eigenvalue weighted by molar-refractivity contribution is -0.142. The molecule has 0 bridgehead atoms. The monoisotopic (exact) mass is 386 g/mol. The van der Waals surface area contributed by atoms with E-state index >= 15 is 0 Å². The van der Waals surface area contributed by atoms with Gasteiger partial charge in [-0.2, -0.15) is 0 Å². The summed E-state index contributed by atoms with van der Waals surface area (Å²) in [6.45, 7) is 0.0521. The third kappa shape index (κ3) is 3.33. The third-order valence-electron chi connectivity index (χ3n) is 3.76. The van der Waals surface area contributed by atoms with Crippen molar-refractivity contribution in [2.75, 3.05) is 0 Å². The van der Waals surface area contributed by atoms with E-state index in [0.29, 0.717) is 5.56 Å². The van der Waals surface area contributed by atoms with Crippen LogP contribution >= 0.6 is 15.9 Å². The largest absolute Gasteiger partial charge is 0.479 e. The SMILES string of the molecule is O=C(Cn1ccc2c(Br)cccc21)N[C@@H](C(=O)O)c1ccccc1. The normalized spacial score (nSPS) is 12.0. The molecule has 0 aliphatic heterocycles. The highest BCUT2D eigenvalue weighted by Crippen LogP contribution is 2.24. The zero-order chi connectivity index (χ0) is 17.1. The van der Waals surface area contributed by atoms with Gasteiger partial charge in [0.25, 0.3) is 0 Å². The van der Waals surface area contributed by atoms with Crippen molar-refractivity contribution in [3.05, 3.63) is 70.8 Å². The standard InChI is InChI=1S/C18H15BrN2O3/c19-14-7-4-8-15-13(14)9-10-21(15)11-16(22)20-17(18(23)24)12-5-2-1-3-6-12/h1-10,17H,11H2,(H,20,22)(H,23,24)/t17-/m1/s1. The van der Waals surface area contributed by atoms with Gasteiger partial charge < -0.3 is 15.0 Å². The van der Waals surface area contributed by atoms with Crippen molar-refractivity contribution in [2.45, 2.75) is 12.6 Å². The second-order valence-electron chi connectivity index (χ2n) is 5.37. The van der Waals surface area contributed by atoms with Crippen molar-refractivity contribution in [2.24, 2.45) is 0 Å². The average molecular weight is 387 g/mol. The summed E-state index contributed by atoms with van der Waals surface area (Å²) in [6.07, 6.45) is 1.81. The molecular weight excluding hydrogens is 372 g/mol. The van der Waals surface area contributed by atoms with Gasteiger partial charge in [0, 0.05) is 21.6 Å². The number of carboxylic acids is 1. The molecule has 0 radical (unpaired) electrons. The van der Waals surface area contributed by atoms with E-state index in [1.165, 1.54) is 0 Å². The van der Waals surface area contributed by atoms with Crippen LogP contribution in [0.2, 0.25) is 0 Å². The Morgan fingerprint density at radius 2 is 1.83 bits per heavy atom. The average Bonchev–Trinajstić information content (AvgIpc) is 2.97. The molecule has 5 nitrogen and oxygen atoms in total. The van der Waals surface area contributed by atoms with Gasteiger partial charge in [-0.05, 0) is 23.8 Å². The Hall–Kier alpha value is -2.60. The predicted molar refractivity (Wildman–Crippen MR) is 94.6 cm³/mol. The summed E-state index contributed by atoms with van der Waals surface area (Å²) >= 11 is 3.47. The van der Waals surface area contributed by atoms with Gasteiger partial charge in [-0.1, -0.05) is 52.3 Å². The number of carboxylic acid groups (broad SMARTS) is 1. The molecule has 0 saturated heterocycles. The minimum atomic E-state index is -1.09. The van der Waals surface area contributed by atoms with Crippen molar-refractivity contribution in [1.29, 1.82) is 0 Å². The maximum atomic E-state index is 12.3. The Morgan fingerprint density at radius 1 is 1.08 bits per heavy atom. The second kappa shape index (κ2) is 6.88. The van der Waals surface area contributed by atoms with Crippen LogP contribution in [0, 0.1) is 0 Å². The van der Waals surface area contributed by atoms with Crippen LogP contribution in [0.4, 0.5) is 0 Å². The highest BCUT2D eigenvalue weighted by atomic mass is 79.9. The summed E-state index contributed by atoms with van der Waals surface area (Å²) in [5.74, 6) is -1.45. The number of hydrogen-bond donors (Lipinski definition) is 2. The number of amides is 1. The van der Waals surface area contributed by atoms with E-state index in [-0.39, 0.29) is 12.5 Å². The molecule has 0 aliphatic carbocycles. The number of carbonyl (C=O) groups is 2. The molecule has 0 saturated carbocycles. The van der Waals surface area contributed by atoms with Gasteiger partial charge >= 0.3 is 5.97 Å². The number of benzene rings is 2. The van der Waals surface area contributed by atoms with Crippen LogP contribution in [0.5, 0.6) is 0 Å². The zero-order valence-corrected chi connectivity index (χ0v) is 14.2. The summed E-state index contributed by atoms with van der Waals surface area (Å²) in [4.78, 5) is 23.8. The molecule has 122 valence electrons. The van der Waals surface area contributed by atoms with Gasteiger partial charge in [-0.3, -0.25) is 4.79 Å². The zero-order valence-electron chi connectivity index (χ0n) is 12.6. The van der Waals surface area contributed by atoms with Crippen LogP contribution in [-0.4, -0.2) is 21.6 Å². The first kappa shape index (κ1) is 16.3. The van der Waals surface area contributed by atoms with Crippen LogP contribution in [0.15, 0.2) is 65.3 Å². The Morgan fingerprint density at radius 3 is 2.54 bits per heavy atom. The van der Waals surface area contributed by atoms with Gasteiger partial charge in [0.05, 0.1) is 0 Å². The lowest BCUT2D eigenvalue weighted by Crippen LogP contribution is -2.35. The first-order valence-corrected chi connectivity index (χ1v) is 8.16. The van der Waals surface area contributed by atoms with Gasteiger partial charge in [0.2, 0.25) is 5.91 Å². The Balaban J connectivity index is 1.79. The third-order valence-corrected chi connectivity index (χ3v) is 4.45. The van der Waals surface area contributed by atoms with Crippen molar-refractivity contribution in [3.63, 3.8) is 0 Å². The molecule has 6 heteroatoms. The number of carbonyl (C=O) groups excluding carboxylic acids is 1. The van der Waals surface area contributed by atoms with Crippen molar-refractivity contribution in [1.82, 2.24) is 9.88 Å². The van der Waals surface area contributed by atoms with Crippen LogP contribution in [-0.2, 0) is 16.1 Å². The highest BCUT2D eigenvalue weighted by Gasteiger charge is 2.22. The van der Waals surface area contributed by atoms with Crippen LogP contribution in [0.3, 0.4) is 0 Å². The highest BCUT2D eigenvalue weighted by molar-refractivity contribution is 9.10. The van der Waals surface area contributed by atoms with E-state index < -0.39 is 12.0 Å². The number of aliphatic carboxylic acids is 1. The summed E-state index contributed by atoms with van der Waals surface area (Å²) in [7, 11) is 0. The number of fused-ring (bicyclic) bond motifs is 1. The molecule has 24 heavy (non-hydrogen) atoms. The van der Waals surface area contributed by atoms with Crippen molar-refractivity contribution >= 4 is 38.7 Å². The van der Waals surface area contributed by atoms with E-state index in [1.807, 2.05) is 30.5 Å². The number of rotatable bonds is 5. The fourth-order valence-corrected chi connectivity index (χ4v) is 3.11. The maximum absolute atomic E-state index is 12.3. The van der Waals surface area contributed by atoms with Crippen LogP contribution in [0.1, 0.15) is 11.6 Å². The summed E-state index contributed by atoms with van der Waals surface area (Å²) in [5.41, 5.74) is 1.45. The number of nitrogens with one attached hydrogen (secondary N) is 1. The molecule has 2 aromatic carbocycles. The molecule has 3 rings (SSSR count). The Labute approximate surface area is 147 Å². The Bertz CT molecular complexity index is 890. The molecule has 0 unspecified atom stereocenters. The van der Waals surface area contributed by atoms with Gasteiger partial charge in [0.15, 0.2) is 6.04 Å². The summed E-state index contributed by atoms with van der Waals surface area (Å²) in [5, 5.41) is 13.0. The Kier molecular flexibility index (Phi) is 4.66. The van der Waals surface area contributed by atoms with Crippen LogP contribution in [0.25, 0.3) is 10.9 Å². The van der Waals surface area contributed by atoms with Gasteiger partial charge in [0.1, 0.15) is 6.54 Å². The smallest absolute Gasteiger partial charge is 0.330 e. The molecule has 1 heterocycles.